The fourth-order valence-corrected chi connectivity index (χ4v) is 4.00. The average molecular weight is 392 g/mol. The molecule has 3 N–H and O–H groups in total. The molecular formula is C23H29N5O. The molecule has 0 aliphatic heterocycles. The van der Waals surface area contributed by atoms with Gasteiger partial charge in [-0.25, -0.2) is 4.98 Å². The second-order valence-electron chi connectivity index (χ2n) is 7.98. The first-order valence-corrected chi connectivity index (χ1v) is 10.3. The topological polar surface area (TPSA) is 73.3 Å². The third-order valence-corrected chi connectivity index (χ3v) is 5.64. The minimum atomic E-state index is 0.362. The Kier molecular flexibility index (Phi) is 5.81. The highest BCUT2D eigenvalue weighted by Gasteiger charge is 2.22. The number of nitrogens with one attached hydrogen (secondary N) is 2. The number of para-hydroxylation sites is 2. The molecule has 3 aromatic rings. The Bertz CT molecular complexity index is 966. The summed E-state index contributed by atoms with van der Waals surface area (Å²) in [5.74, 6) is 2.01. The third kappa shape index (κ3) is 4.59. The number of benzene rings is 2. The van der Waals surface area contributed by atoms with Crippen LogP contribution in [0.15, 0.2) is 48.5 Å². The first-order chi connectivity index (χ1) is 14.1. The van der Waals surface area contributed by atoms with Crippen molar-refractivity contribution in [2.45, 2.75) is 44.3 Å². The Morgan fingerprint density at radius 3 is 2.38 bits per heavy atom. The molecule has 0 atom stereocenters. The van der Waals surface area contributed by atoms with Crippen LogP contribution in [-0.4, -0.2) is 41.3 Å². The number of nitrogens with zero attached hydrogens (tertiary/aromatic N) is 3. The number of rotatable bonds is 6. The van der Waals surface area contributed by atoms with Crippen LogP contribution in [0.1, 0.15) is 31.2 Å². The molecule has 6 heteroatoms. The zero-order valence-electron chi connectivity index (χ0n) is 17.1. The fraction of sp³-hybridized carbons (Fsp3) is 0.391. The zero-order chi connectivity index (χ0) is 20.2. The summed E-state index contributed by atoms with van der Waals surface area (Å²) in [7, 11) is 4.03. The highest BCUT2D eigenvalue weighted by molar-refractivity contribution is 5.90. The Labute approximate surface area is 172 Å². The number of phenols is 1. The lowest BCUT2D eigenvalue weighted by Gasteiger charge is -2.30. The van der Waals surface area contributed by atoms with Gasteiger partial charge in [0.25, 0.3) is 0 Å². The van der Waals surface area contributed by atoms with Gasteiger partial charge >= 0.3 is 0 Å². The molecule has 0 spiro atoms. The van der Waals surface area contributed by atoms with Gasteiger partial charge in [-0.2, -0.15) is 4.98 Å². The van der Waals surface area contributed by atoms with Gasteiger partial charge in [-0.05, 0) is 43.9 Å². The molecule has 0 unspecified atom stereocenters. The van der Waals surface area contributed by atoms with E-state index in [2.05, 4.69) is 16.7 Å². The van der Waals surface area contributed by atoms with Gasteiger partial charge in [0, 0.05) is 43.7 Å². The Balaban J connectivity index is 1.35. The van der Waals surface area contributed by atoms with Crippen molar-refractivity contribution in [3.05, 3.63) is 54.1 Å². The van der Waals surface area contributed by atoms with E-state index in [4.69, 9.17) is 9.97 Å². The second-order valence-corrected chi connectivity index (χ2v) is 7.98. The number of phenolic OH excluding ortho intramolecular Hbond substituents is 1. The lowest BCUT2D eigenvalue weighted by atomic mass is 9.91. The van der Waals surface area contributed by atoms with E-state index in [-0.39, 0.29) is 0 Å². The summed E-state index contributed by atoms with van der Waals surface area (Å²) in [6, 6.07) is 16.5. The van der Waals surface area contributed by atoms with E-state index in [1.165, 1.54) is 0 Å². The van der Waals surface area contributed by atoms with Gasteiger partial charge in [0.15, 0.2) is 0 Å². The number of hydrogen-bond acceptors (Lipinski definition) is 6. The molecule has 1 aromatic heterocycles. The van der Waals surface area contributed by atoms with E-state index in [9.17, 15) is 5.11 Å². The van der Waals surface area contributed by atoms with Crippen molar-refractivity contribution < 1.29 is 5.11 Å². The molecule has 1 fully saturated rings. The molecule has 1 aliphatic rings. The second kappa shape index (κ2) is 8.66. The zero-order valence-corrected chi connectivity index (χ0v) is 17.1. The van der Waals surface area contributed by atoms with Crippen LogP contribution >= 0.6 is 0 Å². The smallest absolute Gasteiger partial charge is 0.225 e. The Hall–Kier alpha value is -2.86. The molecule has 0 amide bonds. The van der Waals surface area contributed by atoms with E-state index in [0.29, 0.717) is 30.3 Å². The standard InChI is InChI=1S/C23H29N5O/c1-28(2)22-19-8-4-5-9-20(19)26-23(27-22)25-18-13-11-17(12-14-18)24-15-16-7-3-6-10-21(16)29/h3-10,17-18,24,29H,11-15H2,1-2H3,(H,25,26,27)/t17-,18+. The van der Waals surface area contributed by atoms with Gasteiger partial charge in [-0.3, -0.25) is 0 Å². The molecule has 1 aliphatic carbocycles. The average Bonchev–Trinajstić information content (AvgIpc) is 2.73. The molecule has 1 saturated carbocycles. The molecule has 2 aromatic carbocycles. The maximum Gasteiger partial charge on any atom is 0.225 e. The molecule has 1 heterocycles. The predicted molar refractivity (Wildman–Crippen MR) is 118 cm³/mol. The van der Waals surface area contributed by atoms with Crippen molar-refractivity contribution in [1.82, 2.24) is 15.3 Å². The summed E-state index contributed by atoms with van der Waals surface area (Å²) in [6.45, 7) is 0.704. The van der Waals surface area contributed by atoms with Crippen LogP contribution in [0.5, 0.6) is 5.75 Å². The van der Waals surface area contributed by atoms with Gasteiger partial charge in [0.05, 0.1) is 5.52 Å². The minimum Gasteiger partial charge on any atom is -0.508 e. The van der Waals surface area contributed by atoms with Crippen molar-refractivity contribution in [1.29, 1.82) is 0 Å². The normalized spacial score (nSPS) is 19.2. The maximum atomic E-state index is 9.92. The molecule has 0 bridgehead atoms. The lowest BCUT2D eigenvalue weighted by molar-refractivity contribution is 0.350. The molecule has 29 heavy (non-hydrogen) atoms. The monoisotopic (exact) mass is 391 g/mol. The number of aromatic hydroxyl groups is 1. The summed E-state index contributed by atoms with van der Waals surface area (Å²) in [6.07, 6.45) is 4.34. The van der Waals surface area contributed by atoms with E-state index in [1.807, 2.05) is 55.4 Å². The SMILES string of the molecule is CN(C)c1nc(N[C@H]2CC[C@@H](NCc3ccccc3O)CC2)nc2ccccc12. The van der Waals surface area contributed by atoms with E-state index >= 15 is 0 Å². The Morgan fingerprint density at radius 2 is 1.62 bits per heavy atom. The van der Waals surface area contributed by atoms with Crippen LogP contribution in [-0.2, 0) is 6.54 Å². The van der Waals surface area contributed by atoms with Crippen LogP contribution in [0.2, 0.25) is 0 Å². The van der Waals surface area contributed by atoms with Crippen molar-refractivity contribution in [2.24, 2.45) is 0 Å². The fourth-order valence-electron chi connectivity index (χ4n) is 4.00. The van der Waals surface area contributed by atoms with Gasteiger partial charge in [0.1, 0.15) is 11.6 Å². The molecule has 0 radical (unpaired) electrons. The summed E-state index contributed by atoms with van der Waals surface area (Å²) < 4.78 is 0. The van der Waals surface area contributed by atoms with Crippen LogP contribution in [0.4, 0.5) is 11.8 Å². The summed E-state index contributed by atoms with van der Waals surface area (Å²) in [5, 5.41) is 18.1. The predicted octanol–water partition coefficient (Wildman–Crippen LogP) is 3.91. The van der Waals surface area contributed by atoms with Crippen molar-refractivity contribution in [2.75, 3.05) is 24.3 Å². The molecule has 4 rings (SSSR count). The largest absolute Gasteiger partial charge is 0.508 e. The highest BCUT2D eigenvalue weighted by atomic mass is 16.3. The molecular weight excluding hydrogens is 362 g/mol. The van der Waals surface area contributed by atoms with Crippen LogP contribution in [0.25, 0.3) is 10.9 Å². The van der Waals surface area contributed by atoms with Crippen LogP contribution in [0, 0.1) is 0 Å². The summed E-state index contributed by atoms with van der Waals surface area (Å²) >= 11 is 0. The number of hydrogen-bond donors (Lipinski definition) is 3. The van der Waals surface area contributed by atoms with E-state index in [0.717, 1.165) is 48.0 Å². The minimum absolute atomic E-state index is 0.362. The number of aromatic nitrogens is 2. The van der Waals surface area contributed by atoms with Crippen molar-refractivity contribution in [3.63, 3.8) is 0 Å². The maximum absolute atomic E-state index is 9.92. The first-order valence-electron chi connectivity index (χ1n) is 10.3. The van der Waals surface area contributed by atoms with Gasteiger partial charge in [0.2, 0.25) is 5.95 Å². The molecule has 0 saturated heterocycles. The van der Waals surface area contributed by atoms with E-state index < -0.39 is 0 Å². The summed E-state index contributed by atoms with van der Waals surface area (Å²) in [5.41, 5.74) is 1.92. The first kappa shape index (κ1) is 19.5. The van der Waals surface area contributed by atoms with Crippen LogP contribution in [0.3, 0.4) is 0 Å². The third-order valence-electron chi connectivity index (χ3n) is 5.64. The molecule has 152 valence electrons. The van der Waals surface area contributed by atoms with Gasteiger partial charge < -0.3 is 20.6 Å². The number of fused-ring (bicyclic) bond motifs is 1. The van der Waals surface area contributed by atoms with Crippen LogP contribution < -0.4 is 15.5 Å². The van der Waals surface area contributed by atoms with Crippen molar-refractivity contribution in [3.8, 4) is 5.75 Å². The highest BCUT2D eigenvalue weighted by Crippen LogP contribution is 2.26. The van der Waals surface area contributed by atoms with Gasteiger partial charge in [-0.15, -0.1) is 0 Å². The molecule has 6 nitrogen and oxygen atoms in total. The summed E-state index contributed by atoms with van der Waals surface area (Å²) in [4.78, 5) is 11.5. The number of anilines is 2. The Morgan fingerprint density at radius 1 is 0.931 bits per heavy atom. The lowest BCUT2D eigenvalue weighted by Crippen LogP contribution is -2.37. The van der Waals surface area contributed by atoms with Gasteiger partial charge in [-0.1, -0.05) is 30.3 Å². The van der Waals surface area contributed by atoms with E-state index in [1.54, 1.807) is 6.07 Å². The van der Waals surface area contributed by atoms with Crippen molar-refractivity contribution >= 4 is 22.7 Å². The quantitative estimate of drug-likeness (QED) is 0.592.